The summed E-state index contributed by atoms with van der Waals surface area (Å²) in [4.78, 5) is 4.46. The minimum atomic E-state index is -4.45. The highest BCUT2D eigenvalue weighted by Gasteiger charge is 2.30. The number of guanidine groups is 1. The lowest BCUT2D eigenvalue weighted by Gasteiger charge is -2.16. The first-order valence-electron chi connectivity index (χ1n) is 9.45. The number of aliphatic imine (C=N–C) groups is 1. The Labute approximate surface area is 196 Å². The molecule has 0 aliphatic heterocycles. The number of aliphatic hydroxyl groups is 1. The number of benzene rings is 2. The fourth-order valence-corrected chi connectivity index (χ4v) is 2.57. The van der Waals surface area contributed by atoms with E-state index < -0.39 is 17.8 Å². The van der Waals surface area contributed by atoms with Crippen LogP contribution in [0.25, 0.3) is 0 Å². The maximum absolute atomic E-state index is 12.7. The van der Waals surface area contributed by atoms with Crippen molar-refractivity contribution in [2.75, 3.05) is 26.8 Å². The highest BCUT2D eigenvalue weighted by Crippen LogP contribution is 2.31. The second-order valence-electron chi connectivity index (χ2n) is 6.38. The van der Waals surface area contributed by atoms with Gasteiger partial charge in [0, 0.05) is 18.7 Å². The lowest BCUT2D eigenvalue weighted by molar-refractivity contribution is -0.137. The summed E-state index contributed by atoms with van der Waals surface area (Å²) in [7, 11) is 1.59. The normalized spacial score (nSPS) is 12.5. The second-order valence-corrected chi connectivity index (χ2v) is 6.38. The van der Waals surface area contributed by atoms with Gasteiger partial charge in [0.2, 0.25) is 0 Å². The van der Waals surface area contributed by atoms with Gasteiger partial charge in [-0.3, -0.25) is 0 Å². The Morgan fingerprint density at radius 2 is 1.87 bits per heavy atom. The van der Waals surface area contributed by atoms with Crippen LogP contribution in [0.2, 0.25) is 0 Å². The van der Waals surface area contributed by atoms with Gasteiger partial charge in [-0.15, -0.1) is 24.0 Å². The first-order chi connectivity index (χ1) is 14.3. The van der Waals surface area contributed by atoms with Gasteiger partial charge in [-0.2, -0.15) is 13.2 Å². The molecule has 2 aromatic carbocycles. The number of alkyl halides is 3. The number of ether oxygens (including phenoxy) is 2. The Kier molecular flexibility index (Phi) is 11.5. The minimum absolute atomic E-state index is 0. The van der Waals surface area contributed by atoms with E-state index in [9.17, 15) is 18.3 Å². The summed E-state index contributed by atoms with van der Waals surface area (Å²) in [6.07, 6.45) is -5.40. The Hall–Kier alpha value is -2.21. The molecule has 0 heterocycles. The molecule has 10 heteroatoms. The molecule has 0 aliphatic carbocycles. The number of hydrogen-bond acceptors (Lipinski definition) is 4. The van der Waals surface area contributed by atoms with Gasteiger partial charge < -0.3 is 25.2 Å². The molecule has 0 aromatic heterocycles. The van der Waals surface area contributed by atoms with E-state index in [0.717, 1.165) is 23.4 Å². The van der Waals surface area contributed by atoms with Crippen LogP contribution in [-0.4, -0.2) is 44.0 Å². The number of para-hydroxylation sites is 1. The van der Waals surface area contributed by atoms with Crippen LogP contribution in [0.4, 0.5) is 13.2 Å². The summed E-state index contributed by atoms with van der Waals surface area (Å²) >= 11 is 0. The average Bonchev–Trinajstić information content (AvgIpc) is 2.74. The second kappa shape index (κ2) is 13.3. The van der Waals surface area contributed by atoms with Gasteiger partial charge in [-0.05, 0) is 31.2 Å². The predicted octanol–water partition coefficient (Wildman–Crippen LogP) is 3.83. The van der Waals surface area contributed by atoms with Crippen LogP contribution in [-0.2, 0) is 12.7 Å². The molecular weight excluding hydrogens is 526 g/mol. The van der Waals surface area contributed by atoms with E-state index in [1.807, 2.05) is 31.2 Å². The van der Waals surface area contributed by atoms with Crippen molar-refractivity contribution in [1.82, 2.24) is 10.6 Å². The highest BCUT2D eigenvalue weighted by molar-refractivity contribution is 14.0. The van der Waals surface area contributed by atoms with Gasteiger partial charge in [0.25, 0.3) is 0 Å². The van der Waals surface area contributed by atoms with E-state index in [1.165, 1.54) is 12.1 Å². The Morgan fingerprint density at radius 1 is 1.13 bits per heavy atom. The Balaban J connectivity index is 0.00000480. The van der Waals surface area contributed by atoms with E-state index in [-0.39, 0.29) is 42.9 Å². The molecule has 0 spiro atoms. The molecular formula is C21H27F3IN3O3. The van der Waals surface area contributed by atoms with Gasteiger partial charge >= 0.3 is 6.18 Å². The van der Waals surface area contributed by atoms with Gasteiger partial charge in [0.05, 0.1) is 19.2 Å². The number of methoxy groups -OCH3 is 1. The fraction of sp³-hybridized carbons (Fsp3) is 0.381. The van der Waals surface area contributed by atoms with E-state index in [0.29, 0.717) is 19.0 Å². The molecule has 2 aromatic rings. The smallest absolute Gasteiger partial charge is 0.416 e. The number of aliphatic hydroxyl groups excluding tert-OH is 1. The molecule has 1 atom stereocenters. The molecule has 172 valence electrons. The summed E-state index contributed by atoms with van der Waals surface area (Å²) in [5, 5.41) is 16.2. The number of halogens is 4. The Morgan fingerprint density at radius 3 is 2.55 bits per heavy atom. The molecule has 6 nitrogen and oxygen atoms in total. The first-order valence-corrected chi connectivity index (χ1v) is 9.45. The van der Waals surface area contributed by atoms with Gasteiger partial charge in [-0.1, -0.05) is 24.3 Å². The molecule has 0 saturated heterocycles. The molecule has 0 amide bonds. The van der Waals surface area contributed by atoms with Crippen molar-refractivity contribution >= 4 is 29.9 Å². The molecule has 31 heavy (non-hydrogen) atoms. The molecule has 0 bridgehead atoms. The van der Waals surface area contributed by atoms with E-state index in [4.69, 9.17) is 9.47 Å². The summed E-state index contributed by atoms with van der Waals surface area (Å²) < 4.78 is 48.8. The zero-order valence-electron chi connectivity index (χ0n) is 17.3. The molecule has 0 radical (unpaired) electrons. The third-order valence-electron chi connectivity index (χ3n) is 4.05. The van der Waals surface area contributed by atoms with Gasteiger partial charge in [-0.25, -0.2) is 4.99 Å². The van der Waals surface area contributed by atoms with Crippen LogP contribution in [0.3, 0.4) is 0 Å². The summed E-state index contributed by atoms with van der Waals surface area (Å²) in [5.41, 5.74) is 0.108. The van der Waals surface area contributed by atoms with Crippen molar-refractivity contribution < 1.29 is 27.8 Å². The highest BCUT2D eigenvalue weighted by atomic mass is 127. The summed E-state index contributed by atoms with van der Waals surface area (Å²) in [6.45, 7) is 2.84. The third kappa shape index (κ3) is 9.21. The minimum Gasteiger partial charge on any atom is -0.496 e. The standard InChI is InChI=1S/C21H26F3N3O3.HI/c1-3-25-20(26-12-15-7-4-5-10-19(15)29-2)27-13-17(28)14-30-18-9-6-8-16(11-18)21(22,23)24;/h4-11,17,28H,3,12-14H2,1-2H3,(H2,25,26,27);1H. The van der Waals surface area contributed by atoms with E-state index in [1.54, 1.807) is 7.11 Å². The van der Waals surface area contributed by atoms with Gasteiger partial charge in [0.15, 0.2) is 5.96 Å². The van der Waals surface area contributed by atoms with Crippen LogP contribution in [0.15, 0.2) is 53.5 Å². The number of hydrogen-bond donors (Lipinski definition) is 3. The molecule has 3 N–H and O–H groups in total. The quantitative estimate of drug-likeness (QED) is 0.250. The van der Waals surface area contributed by atoms with E-state index >= 15 is 0 Å². The van der Waals surface area contributed by atoms with Crippen molar-refractivity contribution in [2.45, 2.75) is 25.7 Å². The lowest BCUT2D eigenvalue weighted by Crippen LogP contribution is -2.42. The maximum atomic E-state index is 12.7. The number of rotatable bonds is 9. The topological polar surface area (TPSA) is 75.1 Å². The maximum Gasteiger partial charge on any atom is 0.416 e. The van der Waals surface area contributed by atoms with Crippen molar-refractivity contribution in [2.24, 2.45) is 4.99 Å². The summed E-state index contributed by atoms with van der Waals surface area (Å²) in [5.74, 6) is 1.26. The van der Waals surface area contributed by atoms with Crippen LogP contribution in [0.5, 0.6) is 11.5 Å². The predicted molar refractivity (Wildman–Crippen MR) is 124 cm³/mol. The van der Waals surface area contributed by atoms with Crippen LogP contribution >= 0.6 is 24.0 Å². The largest absolute Gasteiger partial charge is 0.496 e. The van der Waals surface area contributed by atoms with Crippen molar-refractivity contribution in [3.63, 3.8) is 0 Å². The van der Waals surface area contributed by atoms with Crippen molar-refractivity contribution in [1.29, 1.82) is 0 Å². The fourth-order valence-electron chi connectivity index (χ4n) is 2.57. The Bertz CT molecular complexity index is 835. The number of nitrogens with zero attached hydrogens (tertiary/aromatic N) is 1. The zero-order valence-corrected chi connectivity index (χ0v) is 19.6. The molecule has 0 saturated carbocycles. The summed E-state index contributed by atoms with van der Waals surface area (Å²) in [6, 6.07) is 12.1. The molecule has 0 aliphatic rings. The van der Waals surface area contributed by atoms with Crippen molar-refractivity contribution in [3.05, 3.63) is 59.7 Å². The average molecular weight is 553 g/mol. The molecule has 1 unspecified atom stereocenters. The molecule has 2 rings (SSSR count). The zero-order chi connectivity index (χ0) is 22.0. The lowest BCUT2D eigenvalue weighted by atomic mass is 10.2. The number of nitrogens with one attached hydrogen (secondary N) is 2. The van der Waals surface area contributed by atoms with Crippen LogP contribution in [0.1, 0.15) is 18.1 Å². The first kappa shape index (κ1) is 26.8. The third-order valence-corrected chi connectivity index (χ3v) is 4.05. The van der Waals surface area contributed by atoms with Crippen molar-refractivity contribution in [3.8, 4) is 11.5 Å². The van der Waals surface area contributed by atoms with Gasteiger partial charge in [0.1, 0.15) is 24.2 Å². The van der Waals surface area contributed by atoms with E-state index in [2.05, 4.69) is 15.6 Å². The van der Waals surface area contributed by atoms with Crippen LogP contribution in [0, 0.1) is 0 Å². The monoisotopic (exact) mass is 553 g/mol. The molecule has 0 fully saturated rings. The SMILES string of the molecule is CCNC(=NCc1ccccc1OC)NCC(O)COc1cccc(C(F)(F)F)c1.I. The van der Waals surface area contributed by atoms with Crippen LogP contribution < -0.4 is 20.1 Å².